The molecule has 1 aromatic heterocycles. The molecular formula is C15H19N3OS. The number of anilines is 1. The van der Waals surface area contributed by atoms with Crippen LogP contribution in [0.3, 0.4) is 0 Å². The Morgan fingerprint density at radius 1 is 1.40 bits per heavy atom. The van der Waals surface area contributed by atoms with Crippen LogP contribution < -0.4 is 10.1 Å². The van der Waals surface area contributed by atoms with Gasteiger partial charge in [0.1, 0.15) is 17.3 Å². The minimum Gasteiger partial charge on any atom is -0.492 e. The zero-order valence-corrected chi connectivity index (χ0v) is 12.7. The third kappa shape index (κ3) is 2.26. The molecule has 3 rings (SSSR count). The van der Waals surface area contributed by atoms with Crippen molar-refractivity contribution in [3.8, 4) is 11.4 Å². The van der Waals surface area contributed by atoms with Gasteiger partial charge >= 0.3 is 0 Å². The van der Waals surface area contributed by atoms with Crippen molar-refractivity contribution in [1.29, 1.82) is 0 Å². The predicted octanol–water partition coefficient (Wildman–Crippen LogP) is 3.10. The first-order valence-electron chi connectivity index (χ1n) is 6.91. The summed E-state index contributed by atoms with van der Waals surface area (Å²) in [6.07, 6.45) is 3.17. The average molecular weight is 289 g/mol. The lowest BCUT2D eigenvalue weighted by Gasteiger charge is -2.12. The van der Waals surface area contributed by atoms with E-state index in [1.807, 2.05) is 41.6 Å². The van der Waals surface area contributed by atoms with Gasteiger partial charge < -0.3 is 10.1 Å². The molecule has 0 fully saturated rings. The number of benzene rings is 1. The molecule has 4 nitrogen and oxygen atoms in total. The quantitative estimate of drug-likeness (QED) is 0.918. The van der Waals surface area contributed by atoms with Crippen LogP contribution in [0.1, 0.15) is 18.2 Å². The average Bonchev–Trinajstić information content (AvgIpc) is 3.04. The van der Waals surface area contributed by atoms with E-state index < -0.39 is 0 Å². The molecule has 0 amide bonds. The van der Waals surface area contributed by atoms with E-state index in [2.05, 4.69) is 17.6 Å². The maximum Gasteiger partial charge on any atom is 0.145 e. The molecule has 1 aromatic carbocycles. The number of para-hydroxylation sites is 2. The van der Waals surface area contributed by atoms with E-state index in [4.69, 9.17) is 9.84 Å². The fourth-order valence-corrected chi connectivity index (χ4v) is 3.09. The second-order valence-corrected chi connectivity index (χ2v) is 5.56. The number of thioether (sulfide) groups is 1. The van der Waals surface area contributed by atoms with Crippen LogP contribution in [0.4, 0.5) is 5.82 Å². The van der Waals surface area contributed by atoms with E-state index in [1.165, 1.54) is 11.3 Å². The highest BCUT2D eigenvalue weighted by Crippen LogP contribution is 2.33. The van der Waals surface area contributed by atoms with Gasteiger partial charge in [0.05, 0.1) is 12.3 Å². The highest BCUT2D eigenvalue weighted by molar-refractivity contribution is 7.97. The summed E-state index contributed by atoms with van der Waals surface area (Å²) in [5.74, 6) is 2.96. The zero-order valence-electron chi connectivity index (χ0n) is 11.8. The molecule has 0 spiro atoms. The number of rotatable bonds is 5. The second-order valence-electron chi connectivity index (χ2n) is 4.70. The maximum absolute atomic E-state index is 5.73. The molecule has 1 aliphatic heterocycles. The van der Waals surface area contributed by atoms with Crippen molar-refractivity contribution in [2.45, 2.75) is 19.1 Å². The van der Waals surface area contributed by atoms with Gasteiger partial charge in [-0.15, -0.1) is 0 Å². The van der Waals surface area contributed by atoms with Gasteiger partial charge in [-0.2, -0.15) is 16.9 Å². The fraction of sp³-hybridized carbons (Fsp3) is 0.400. The van der Waals surface area contributed by atoms with Crippen LogP contribution >= 0.6 is 11.8 Å². The van der Waals surface area contributed by atoms with E-state index in [1.54, 1.807) is 0 Å². The maximum atomic E-state index is 5.73. The zero-order chi connectivity index (χ0) is 13.9. The lowest BCUT2D eigenvalue weighted by Crippen LogP contribution is -2.07. The number of nitrogens with one attached hydrogen (secondary N) is 1. The minimum atomic E-state index is 0.658. The summed E-state index contributed by atoms with van der Waals surface area (Å²) in [6.45, 7) is 3.65. The Labute approximate surface area is 123 Å². The minimum absolute atomic E-state index is 0.658. The van der Waals surface area contributed by atoms with Crippen LogP contribution in [-0.4, -0.2) is 29.2 Å². The van der Waals surface area contributed by atoms with Gasteiger partial charge in [-0.3, -0.25) is 0 Å². The van der Waals surface area contributed by atoms with Crippen molar-refractivity contribution < 1.29 is 4.74 Å². The summed E-state index contributed by atoms with van der Waals surface area (Å²) in [5.41, 5.74) is 3.54. The van der Waals surface area contributed by atoms with Crippen LogP contribution in [0.15, 0.2) is 24.3 Å². The van der Waals surface area contributed by atoms with E-state index in [0.717, 1.165) is 36.0 Å². The molecule has 1 aliphatic rings. The lowest BCUT2D eigenvalue weighted by molar-refractivity contribution is 0.338. The Hall–Kier alpha value is -1.62. The standard InChI is InChI=1S/C15H19N3OS/c1-3-19-14-7-5-4-6-13(14)18-15-11(8-9-16-15)12(17-18)10-20-2/h4-7,16H,3,8-10H2,1-2H3. The summed E-state index contributed by atoms with van der Waals surface area (Å²) in [6, 6.07) is 8.07. The largest absolute Gasteiger partial charge is 0.492 e. The highest BCUT2D eigenvalue weighted by atomic mass is 32.2. The van der Waals surface area contributed by atoms with Crippen molar-refractivity contribution in [2.24, 2.45) is 0 Å². The van der Waals surface area contributed by atoms with Gasteiger partial charge in [-0.1, -0.05) is 12.1 Å². The van der Waals surface area contributed by atoms with E-state index in [9.17, 15) is 0 Å². The molecule has 0 saturated heterocycles. The number of hydrogen-bond acceptors (Lipinski definition) is 4. The summed E-state index contributed by atoms with van der Waals surface area (Å²) in [7, 11) is 0. The van der Waals surface area contributed by atoms with Crippen LogP contribution in [0.5, 0.6) is 5.75 Å². The molecule has 0 aliphatic carbocycles. The number of hydrogen-bond donors (Lipinski definition) is 1. The summed E-state index contributed by atoms with van der Waals surface area (Å²) < 4.78 is 7.73. The molecule has 106 valence electrons. The number of aromatic nitrogens is 2. The van der Waals surface area contributed by atoms with Crippen LogP contribution in [0, 0.1) is 0 Å². The highest BCUT2D eigenvalue weighted by Gasteiger charge is 2.23. The van der Waals surface area contributed by atoms with Gasteiger partial charge in [-0.05, 0) is 31.7 Å². The van der Waals surface area contributed by atoms with Gasteiger partial charge in [0.2, 0.25) is 0 Å². The number of nitrogens with zero attached hydrogens (tertiary/aromatic N) is 2. The molecule has 0 saturated carbocycles. The van der Waals surface area contributed by atoms with Gasteiger partial charge in [0.25, 0.3) is 0 Å². The molecule has 2 heterocycles. The Kier molecular flexibility index (Phi) is 3.87. The van der Waals surface area contributed by atoms with Crippen molar-refractivity contribution in [1.82, 2.24) is 9.78 Å². The summed E-state index contributed by atoms with van der Waals surface area (Å²) in [5, 5.41) is 8.24. The van der Waals surface area contributed by atoms with Gasteiger partial charge in [0.15, 0.2) is 0 Å². The second kappa shape index (κ2) is 5.79. The first-order valence-corrected chi connectivity index (χ1v) is 8.30. The Bertz CT molecular complexity index is 609. The third-order valence-electron chi connectivity index (χ3n) is 3.41. The molecule has 2 aromatic rings. The summed E-state index contributed by atoms with van der Waals surface area (Å²) in [4.78, 5) is 0. The number of ether oxygens (including phenoxy) is 1. The van der Waals surface area contributed by atoms with Gasteiger partial charge in [-0.25, -0.2) is 4.68 Å². The Morgan fingerprint density at radius 3 is 3.05 bits per heavy atom. The predicted molar refractivity (Wildman–Crippen MR) is 84.1 cm³/mol. The van der Waals surface area contributed by atoms with Crippen molar-refractivity contribution in [2.75, 3.05) is 24.7 Å². The van der Waals surface area contributed by atoms with E-state index in [-0.39, 0.29) is 0 Å². The normalized spacial score (nSPS) is 13.1. The van der Waals surface area contributed by atoms with E-state index >= 15 is 0 Å². The first-order chi connectivity index (χ1) is 9.85. The molecule has 1 N–H and O–H groups in total. The van der Waals surface area contributed by atoms with Crippen LogP contribution in [-0.2, 0) is 12.2 Å². The first kappa shape index (κ1) is 13.4. The lowest BCUT2D eigenvalue weighted by atomic mass is 10.2. The molecular weight excluding hydrogens is 270 g/mol. The van der Waals surface area contributed by atoms with Crippen molar-refractivity contribution >= 4 is 17.6 Å². The van der Waals surface area contributed by atoms with Crippen LogP contribution in [0.25, 0.3) is 5.69 Å². The third-order valence-corrected chi connectivity index (χ3v) is 3.97. The van der Waals surface area contributed by atoms with E-state index in [0.29, 0.717) is 6.61 Å². The molecule has 0 radical (unpaired) electrons. The Balaban J connectivity index is 2.09. The molecule has 5 heteroatoms. The smallest absolute Gasteiger partial charge is 0.145 e. The SMILES string of the molecule is CCOc1ccccc1-n1nc(CSC)c2c1NCC2. The molecule has 0 atom stereocenters. The van der Waals surface area contributed by atoms with Crippen molar-refractivity contribution in [3.63, 3.8) is 0 Å². The molecule has 20 heavy (non-hydrogen) atoms. The van der Waals surface area contributed by atoms with Crippen LogP contribution in [0.2, 0.25) is 0 Å². The molecule has 0 bridgehead atoms. The monoisotopic (exact) mass is 289 g/mol. The summed E-state index contributed by atoms with van der Waals surface area (Å²) >= 11 is 1.81. The number of fused-ring (bicyclic) bond motifs is 1. The topological polar surface area (TPSA) is 39.1 Å². The fourth-order valence-electron chi connectivity index (χ4n) is 2.58. The Morgan fingerprint density at radius 2 is 2.25 bits per heavy atom. The molecule has 0 unspecified atom stereocenters. The van der Waals surface area contributed by atoms with Gasteiger partial charge in [0, 0.05) is 17.9 Å². The van der Waals surface area contributed by atoms with Crippen molar-refractivity contribution in [3.05, 3.63) is 35.5 Å².